The second kappa shape index (κ2) is 6.46. The second-order valence-electron chi connectivity index (χ2n) is 6.04. The number of nitrogens with one attached hydrogen (secondary N) is 1. The third-order valence-electron chi connectivity index (χ3n) is 3.92. The van der Waals surface area contributed by atoms with Crippen LogP contribution in [0.3, 0.4) is 0 Å². The molecule has 1 saturated carbocycles. The summed E-state index contributed by atoms with van der Waals surface area (Å²) < 4.78 is 11.1. The van der Waals surface area contributed by atoms with Gasteiger partial charge in [-0.05, 0) is 50.1 Å². The van der Waals surface area contributed by atoms with Crippen LogP contribution in [0.15, 0.2) is 23.1 Å². The molecule has 21 heavy (non-hydrogen) atoms. The fourth-order valence-corrected chi connectivity index (χ4v) is 3.57. The van der Waals surface area contributed by atoms with Crippen LogP contribution in [-0.4, -0.2) is 42.3 Å². The molecule has 0 bridgehead atoms. The summed E-state index contributed by atoms with van der Waals surface area (Å²) in [6, 6.07) is 6.71. The molecule has 0 saturated heterocycles. The number of hydrogen-bond acceptors (Lipinski definition) is 5. The maximum absolute atomic E-state index is 9.61. The Balaban J connectivity index is 1.52. The molecule has 0 amide bonds. The Bertz CT molecular complexity index is 492. The first kappa shape index (κ1) is 15.0. The number of ether oxygens (including phenoxy) is 2. The summed E-state index contributed by atoms with van der Waals surface area (Å²) in [5.74, 6) is 2.64. The molecule has 1 atom stereocenters. The monoisotopic (exact) mass is 309 g/mol. The predicted molar refractivity (Wildman–Crippen MR) is 84.4 cm³/mol. The van der Waals surface area contributed by atoms with Gasteiger partial charge in [0.1, 0.15) is 13.2 Å². The predicted octanol–water partition coefficient (Wildman–Crippen LogP) is 2.44. The normalized spacial score (nSPS) is 20.1. The highest BCUT2D eigenvalue weighted by Gasteiger charge is 2.31. The highest BCUT2D eigenvalue weighted by Crippen LogP contribution is 2.35. The zero-order valence-corrected chi connectivity index (χ0v) is 13.2. The smallest absolute Gasteiger partial charge is 0.162 e. The zero-order chi connectivity index (χ0) is 14.7. The highest BCUT2D eigenvalue weighted by atomic mass is 32.2. The molecule has 2 N–H and O–H groups in total. The molecule has 1 aliphatic heterocycles. The van der Waals surface area contributed by atoms with Crippen molar-refractivity contribution in [2.24, 2.45) is 0 Å². The van der Waals surface area contributed by atoms with Gasteiger partial charge in [-0.3, -0.25) is 0 Å². The number of aliphatic hydroxyl groups is 1. The summed E-state index contributed by atoms with van der Waals surface area (Å²) in [4.78, 5) is 1.19. The zero-order valence-electron chi connectivity index (χ0n) is 12.4. The largest absolute Gasteiger partial charge is 0.486 e. The minimum Gasteiger partial charge on any atom is -0.486 e. The van der Waals surface area contributed by atoms with E-state index < -0.39 is 0 Å². The Morgan fingerprint density at radius 1 is 1.29 bits per heavy atom. The van der Waals surface area contributed by atoms with Crippen molar-refractivity contribution in [2.45, 2.75) is 42.7 Å². The molecule has 116 valence electrons. The lowest BCUT2D eigenvalue weighted by Gasteiger charge is -2.29. The third kappa shape index (κ3) is 4.05. The average molecular weight is 309 g/mol. The van der Waals surface area contributed by atoms with Crippen LogP contribution in [-0.2, 0) is 0 Å². The summed E-state index contributed by atoms with van der Waals surface area (Å²) in [5.41, 5.74) is -0.165. The van der Waals surface area contributed by atoms with Gasteiger partial charge < -0.3 is 19.9 Å². The molecule has 1 aromatic carbocycles. The molecular formula is C16H23NO3S. The molecule has 2 aliphatic rings. The van der Waals surface area contributed by atoms with Crippen LogP contribution in [0.1, 0.15) is 26.2 Å². The molecular weight excluding hydrogens is 286 g/mol. The molecule has 3 rings (SSSR count). The lowest BCUT2D eigenvalue weighted by atomic mass is 10.0. The van der Waals surface area contributed by atoms with Crippen molar-refractivity contribution in [1.82, 2.24) is 5.32 Å². The first-order chi connectivity index (χ1) is 10.2. The van der Waals surface area contributed by atoms with Crippen LogP contribution >= 0.6 is 11.8 Å². The van der Waals surface area contributed by atoms with E-state index in [9.17, 15) is 5.11 Å². The minimum absolute atomic E-state index is 0.165. The Kier molecular flexibility index (Phi) is 4.62. The maximum atomic E-state index is 9.61. The molecule has 0 radical (unpaired) electrons. The molecule has 1 aromatic rings. The summed E-state index contributed by atoms with van der Waals surface area (Å²) in [6.45, 7) is 3.54. The lowest BCUT2D eigenvalue weighted by Crippen LogP contribution is -2.47. The summed E-state index contributed by atoms with van der Waals surface area (Å²) >= 11 is 1.80. The molecule has 1 aliphatic carbocycles. The van der Waals surface area contributed by atoms with Crippen LogP contribution in [0.4, 0.5) is 0 Å². The van der Waals surface area contributed by atoms with Gasteiger partial charge in [0, 0.05) is 16.5 Å². The second-order valence-corrected chi connectivity index (χ2v) is 7.21. The number of rotatable bonds is 7. The SMILES string of the molecule is CC(CO)(CCSc1ccc2c(c1)OCCO2)NC1CC1. The van der Waals surface area contributed by atoms with E-state index >= 15 is 0 Å². The van der Waals surface area contributed by atoms with Crippen molar-refractivity contribution in [2.75, 3.05) is 25.6 Å². The summed E-state index contributed by atoms with van der Waals surface area (Å²) in [6.07, 6.45) is 3.43. The Hall–Kier alpha value is -0.910. The van der Waals surface area contributed by atoms with Crippen molar-refractivity contribution < 1.29 is 14.6 Å². The molecule has 0 spiro atoms. The quantitative estimate of drug-likeness (QED) is 0.758. The van der Waals surface area contributed by atoms with Crippen molar-refractivity contribution in [1.29, 1.82) is 0 Å². The Morgan fingerprint density at radius 3 is 2.76 bits per heavy atom. The van der Waals surface area contributed by atoms with Crippen LogP contribution < -0.4 is 14.8 Å². The number of fused-ring (bicyclic) bond motifs is 1. The minimum atomic E-state index is -0.165. The number of benzene rings is 1. The topological polar surface area (TPSA) is 50.7 Å². The van der Waals surface area contributed by atoms with Gasteiger partial charge in [-0.1, -0.05) is 0 Å². The summed E-state index contributed by atoms with van der Waals surface area (Å²) in [5, 5.41) is 13.2. The van der Waals surface area contributed by atoms with E-state index in [2.05, 4.69) is 18.3 Å². The van der Waals surface area contributed by atoms with E-state index in [4.69, 9.17) is 9.47 Å². The lowest BCUT2D eigenvalue weighted by molar-refractivity contribution is 0.169. The van der Waals surface area contributed by atoms with Gasteiger partial charge in [0.15, 0.2) is 11.5 Å². The van der Waals surface area contributed by atoms with E-state index in [1.54, 1.807) is 11.8 Å². The molecule has 4 nitrogen and oxygen atoms in total. The van der Waals surface area contributed by atoms with Gasteiger partial charge >= 0.3 is 0 Å². The van der Waals surface area contributed by atoms with E-state index in [1.165, 1.54) is 17.7 Å². The molecule has 1 fully saturated rings. The highest BCUT2D eigenvalue weighted by molar-refractivity contribution is 7.99. The van der Waals surface area contributed by atoms with Crippen LogP contribution in [0, 0.1) is 0 Å². The molecule has 1 heterocycles. The van der Waals surface area contributed by atoms with E-state index in [-0.39, 0.29) is 12.1 Å². The van der Waals surface area contributed by atoms with Gasteiger partial charge in [-0.15, -0.1) is 11.8 Å². The standard InChI is InChI=1S/C16H23NO3S/c1-16(11-18,17-12-2-3-12)6-9-21-13-4-5-14-15(10-13)20-8-7-19-14/h4-5,10,12,17-18H,2-3,6-9,11H2,1H3. The average Bonchev–Trinajstić information content (AvgIpc) is 3.31. The van der Waals surface area contributed by atoms with E-state index in [0.29, 0.717) is 19.3 Å². The van der Waals surface area contributed by atoms with Gasteiger partial charge in [0.2, 0.25) is 0 Å². The number of thioether (sulfide) groups is 1. The fraction of sp³-hybridized carbons (Fsp3) is 0.625. The molecule has 5 heteroatoms. The first-order valence-corrected chi connectivity index (χ1v) is 8.58. The van der Waals surface area contributed by atoms with Crippen molar-refractivity contribution in [3.8, 4) is 11.5 Å². The van der Waals surface area contributed by atoms with Crippen LogP contribution in [0.5, 0.6) is 11.5 Å². The first-order valence-electron chi connectivity index (χ1n) is 7.59. The van der Waals surface area contributed by atoms with Gasteiger partial charge in [0.05, 0.1) is 6.61 Å². The maximum Gasteiger partial charge on any atom is 0.162 e. The van der Waals surface area contributed by atoms with E-state index in [0.717, 1.165) is 23.7 Å². The van der Waals surface area contributed by atoms with E-state index in [1.807, 2.05) is 12.1 Å². The van der Waals surface area contributed by atoms with Crippen molar-refractivity contribution in [3.05, 3.63) is 18.2 Å². The van der Waals surface area contributed by atoms with Crippen molar-refractivity contribution >= 4 is 11.8 Å². The van der Waals surface area contributed by atoms with Gasteiger partial charge in [-0.2, -0.15) is 0 Å². The Labute approximate surface area is 130 Å². The van der Waals surface area contributed by atoms with Gasteiger partial charge in [-0.25, -0.2) is 0 Å². The number of aliphatic hydroxyl groups excluding tert-OH is 1. The molecule has 1 unspecified atom stereocenters. The molecule has 0 aromatic heterocycles. The Morgan fingerprint density at radius 2 is 2.05 bits per heavy atom. The van der Waals surface area contributed by atoms with Gasteiger partial charge in [0.25, 0.3) is 0 Å². The van der Waals surface area contributed by atoms with Crippen molar-refractivity contribution in [3.63, 3.8) is 0 Å². The van der Waals surface area contributed by atoms with Crippen LogP contribution in [0.2, 0.25) is 0 Å². The van der Waals surface area contributed by atoms with Crippen LogP contribution in [0.25, 0.3) is 0 Å². The fourth-order valence-electron chi connectivity index (χ4n) is 2.42. The summed E-state index contributed by atoms with van der Waals surface area (Å²) in [7, 11) is 0. The number of hydrogen-bond donors (Lipinski definition) is 2. The third-order valence-corrected chi connectivity index (χ3v) is 4.91.